The molecule has 0 radical (unpaired) electrons. The number of amides is 2. The number of piperazine rings is 1. The zero-order chi connectivity index (χ0) is 19.4. The molecule has 0 saturated carbocycles. The van der Waals surface area contributed by atoms with Crippen LogP contribution in [0.3, 0.4) is 0 Å². The first-order valence-electron chi connectivity index (χ1n) is 8.25. The molecule has 1 aliphatic heterocycles. The Labute approximate surface area is 168 Å². The van der Waals surface area contributed by atoms with Crippen LogP contribution in [-0.4, -0.2) is 54.4 Å². The van der Waals surface area contributed by atoms with Crippen molar-refractivity contribution in [3.05, 3.63) is 55.2 Å². The summed E-state index contributed by atoms with van der Waals surface area (Å²) in [4.78, 5) is 39.1. The van der Waals surface area contributed by atoms with E-state index in [1.807, 2.05) is 11.0 Å². The van der Waals surface area contributed by atoms with Crippen molar-refractivity contribution >= 4 is 50.5 Å². The van der Waals surface area contributed by atoms with Crippen LogP contribution in [0.4, 0.5) is 11.4 Å². The first kappa shape index (κ1) is 19.3. The highest BCUT2D eigenvalue weighted by Crippen LogP contribution is 2.23. The van der Waals surface area contributed by atoms with Crippen molar-refractivity contribution in [3.8, 4) is 0 Å². The van der Waals surface area contributed by atoms with Crippen molar-refractivity contribution in [2.75, 3.05) is 37.6 Å². The molecule has 10 heteroatoms. The van der Waals surface area contributed by atoms with Gasteiger partial charge < -0.3 is 15.1 Å². The summed E-state index contributed by atoms with van der Waals surface area (Å²) in [6.07, 6.45) is 0. The molecule has 0 aliphatic carbocycles. The van der Waals surface area contributed by atoms with Crippen LogP contribution in [0, 0.1) is 10.1 Å². The van der Waals surface area contributed by atoms with Gasteiger partial charge in [-0.25, -0.2) is 0 Å². The summed E-state index contributed by atoms with van der Waals surface area (Å²) < 4.78 is 0.858. The van der Waals surface area contributed by atoms with Crippen LogP contribution >= 0.6 is 27.3 Å². The van der Waals surface area contributed by atoms with E-state index in [-0.39, 0.29) is 24.0 Å². The SMILES string of the molecule is O=C(NCC(=O)N1CCN(c2cccc([N+](=O)[O-])c2)CC1)c1ccc(Br)s1. The molecule has 1 fully saturated rings. The van der Waals surface area contributed by atoms with Gasteiger partial charge in [0.15, 0.2) is 0 Å². The fourth-order valence-corrected chi connectivity index (χ4v) is 4.11. The van der Waals surface area contributed by atoms with Crippen molar-refractivity contribution in [1.29, 1.82) is 0 Å². The minimum Gasteiger partial charge on any atom is -0.368 e. The lowest BCUT2D eigenvalue weighted by molar-refractivity contribution is -0.384. The molecule has 0 atom stereocenters. The van der Waals surface area contributed by atoms with E-state index in [0.29, 0.717) is 31.1 Å². The number of anilines is 1. The summed E-state index contributed by atoms with van der Waals surface area (Å²) in [5, 5.41) is 13.5. The second kappa shape index (κ2) is 8.49. The molecule has 0 unspecified atom stereocenters. The maximum atomic E-state index is 12.3. The average Bonchev–Trinajstić information content (AvgIpc) is 3.12. The molecule has 3 rings (SSSR count). The normalized spacial score (nSPS) is 14.1. The van der Waals surface area contributed by atoms with E-state index >= 15 is 0 Å². The third-order valence-electron chi connectivity index (χ3n) is 4.24. The van der Waals surface area contributed by atoms with Crippen molar-refractivity contribution in [2.24, 2.45) is 0 Å². The van der Waals surface area contributed by atoms with Gasteiger partial charge in [-0.1, -0.05) is 6.07 Å². The predicted molar refractivity (Wildman–Crippen MR) is 106 cm³/mol. The Morgan fingerprint density at radius 3 is 2.56 bits per heavy atom. The van der Waals surface area contributed by atoms with Crippen LogP contribution in [0.5, 0.6) is 0 Å². The second-order valence-corrected chi connectivity index (χ2v) is 8.39. The van der Waals surface area contributed by atoms with E-state index in [2.05, 4.69) is 21.2 Å². The molecule has 2 aromatic rings. The number of rotatable bonds is 5. The highest BCUT2D eigenvalue weighted by molar-refractivity contribution is 9.11. The van der Waals surface area contributed by atoms with Gasteiger partial charge >= 0.3 is 0 Å². The van der Waals surface area contributed by atoms with Gasteiger partial charge in [0, 0.05) is 44.0 Å². The third-order valence-corrected chi connectivity index (χ3v) is 5.86. The number of halogens is 1. The molecular formula is C17H17BrN4O4S. The van der Waals surface area contributed by atoms with Crippen molar-refractivity contribution in [1.82, 2.24) is 10.2 Å². The molecule has 0 bridgehead atoms. The molecule has 8 nitrogen and oxygen atoms in total. The van der Waals surface area contributed by atoms with E-state index < -0.39 is 4.92 Å². The standard InChI is InChI=1S/C17H17BrN4O4S/c18-15-5-4-14(27-15)17(24)19-11-16(23)21-8-6-20(7-9-21)12-2-1-3-13(10-12)22(25)26/h1-5,10H,6-9,11H2,(H,19,24). The summed E-state index contributed by atoms with van der Waals surface area (Å²) in [6.45, 7) is 2.12. The van der Waals surface area contributed by atoms with Crippen LogP contribution in [0.15, 0.2) is 40.2 Å². The number of nitro benzene ring substituents is 1. The molecule has 1 aromatic heterocycles. The lowest BCUT2D eigenvalue weighted by Gasteiger charge is -2.36. The van der Waals surface area contributed by atoms with Gasteiger partial charge in [0.1, 0.15) is 0 Å². The van der Waals surface area contributed by atoms with E-state index in [4.69, 9.17) is 0 Å². The topological polar surface area (TPSA) is 95.8 Å². The molecule has 1 N–H and O–H groups in total. The first-order chi connectivity index (χ1) is 12.9. The molecule has 0 spiro atoms. The third kappa shape index (κ3) is 4.83. The van der Waals surface area contributed by atoms with Crippen LogP contribution in [0.25, 0.3) is 0 Å². The summed E-state index contributed by atoms with van der Waals surface area (Å²) in [7, 11) is 0. The van der Waals surface area contributed by atoms with Gasteiger partial charge in [0.05, 0.1) is 20.1 Å². The molecule has 1 aliphatic rings. The van der Waals surface area contributed by atoms with Gasteiger partial charge in [-0.05, 0) is 34.1 Å². The van der Waals surface area contributed by atoms with Gasteiger partial charge in [-0.2, -0.15) is 0 Å². The molecule has 2 amide bonds. The van der Waals surface area contributed by atoms with Gasteiger partial charge in [-0.15, -0.1) is 11.3 Å². The fourth-order valence-electron chi connectivity index (χ4n) is 2.81. The number of nitro groups is 1. The lowest BCUT2D eigenvalue weighted by atomic mass is 10.2. The van der Waals surface area contributed by atoms with Gasteiger partial charge in [0.25, 0.3) is 11.6 Å². The van der Waals surface area contributed by atoms with Crippen molar-refractivity contribution in [3.63, 3.8) is 0 Å². The Bertz CT molecular complexity index is 864. The summed E-state index contributed by atoms with van der Waals surface area (Å²) in [5.41, 5.74) is 0.821. The number of carbonyl (C=O) groups excluding carboxylic acids is 2. The Balaban J connectivity index is 1.50. The Morgan fingerprint density at radius 2 is 1.93 bits per heavy atom. The highest BCUT2D eigenvalue weighted by atomic mass is 79.9. The second-order valence-electron chi connectivity index (χ2n) is 5.93. The smallest absolute Gasteiger partial charge is 0.271 e. The number of carbonyl (C=O) groups is 2. The number of hydrogen-bond donors (Lipinski definition) is 1. The molecule has 27 heavy (non-hydrogen) atoms. The molecule has 1 aromatic carbocycles. The number of non-ortho nitro benzene ring substituents is 1. The lowest BCUT2D eigenvalue weighted by Crippen LogP contribution is -2.51. The van der Waals surface area contributed by atoms with Crippen molar-refractivity contribution in [2.45, 2.75) is 0 Å². The zero-order valence-corrected chi connectivity index (χ0v) is 16.7. The summed E-state index contributed by atoms with van der Waals surface area (Å²) in [5.74, 6) is -0.410. The molecule has 142 valence electrons. The maximum absolute atomic E-state index is 12.3. The quantitative estimate of drug-likeness (QED) is 0.555. The molecule has 1 saturated heterocycles. The maximum Gasteiger partial charge on any atom is 0.271 e. The van der Waals surface area contributed by atoms with Crippen LogP contribution in [0.1, 0.15) is 9.67 Å². The predicted octanol–water partition coefficient (Wildman–Crippen LogP) is 2.50. The fraction of sp³-hybridized carbons (Fsp3) is 0.294. The Kier molecular flexibility index (Phi) is 6.07. The molecular weight excluding hydrogens is 436 g/mol. The average molecular weight is 453 g/mol. The van der Waals surface area contributed by atoms with E-state index in [0.717, 1.165) is 9.47 Å². The largest absolute Gasteiger partial charge is 0.368 e. The highest BCUT2D eigenvalue weighted by Gasteiger charge is 2.22. The summed E-state index contributed by atoms with van der Waals surface area (Å²) in [6, 6.07) is 9.96. The van der Waals surface area contributed by atoms with Gasteiger partial charge in [-0.3, -0.25) is 19.7 Å². The first-order valence-corrected chi connectivity index (χ1v) is 9.86. The molecule has 2 heterocycles. The van der Waals surface area contributed by atoms with Crippen molar-refractivity contribution < 1.29 is 14.5 Å². The zero-order valence-electron chi connectivity index (χ0n) is 14.3. The number of nitrogens with one attached hydrogen (secondary N) is 1. The number of thiophene rings is 1. The van der Waals surface area contributed by atoms with Crippen LogP contribution < -0.4 is 10.2 Å². The van der Waals surface area contributed by atoms with E-state index in [9.17, 15) is 19.7 Å². The number of nitrogens with zero attached hydrogens (tertiary/aromatic N) is 3. The number of benzene rings is 1. The van der Waals surface area contributed by atoms with E-state index in [1.165, 1.54) is 23.5 Å². The Hall–Kier alpha value is -2.46. The van der Waals surface area contributed by atoms with Crippen LogP contribution in [0.2, 0.25) is 0 Å². The van der Waals surface area contributed by atoms with E-state index in [1.54, 1.807) is 23.1 Å². The van der Waals surface area contributed by atoms with Crippen LogP contribution in [-0.2, 0) is 4.79 Å². The van der Waals surface area contributed by atoms with Gasteiger partial charge in [0.2, 0.25) is 5.91 Å². The minimum atomic E-state index is -0.419. The number of hydrogen-bond acceptors (Lipinski definition) is 6. The Morgan fingerprint density at radius 1 is 1.19 bits per heavy atom. The monoisotopic (exact) mass is 452 g/mol. The summed E-state index contributed by atoms with van der Waals surface area (Å²) >= 11 is 4.61. The minimum absolute atomic E-state index is 0.0499.